The molecule has 0 N–H and O–H groups in total. The minimum atomic E-state index is -0.385. The number of carbonyl (C=O) groups excluding carboxylic acids is 2. The van der Waals surface area contributed by atoms with E-state index in [4.69, 9.17) is 4.74 Å². The lowest BCUT2D eigenvalue weighted by atomic mass is 10.0. The molecule has 0 radical (unpaired) electrons. The van der Waals surface area contributed by atoms with E-state index < -0.39 is 0 Å². The number of imide groups is 1. The Morgan fingerprint density at radius 1 is 0.688 bits per heavy atom. The average molecular weight is 435 g/mol. The fourth-order valence-electron chi connectivity index (χ4n) is 4.67. The number of morpholine rings is 1. The maximum absolute atomic E-state index is 13.5. The van der Waals surface area contributed by atoms with Gasteiger partial charge in [-0.05, 0) is 61.2 Å². The molecule has 2 aromatic carbocycles. The van der Waals surface area contributed by atoms with Crippen LogP contribution in [0.5, 0.6) is 0 Å². The van der Waals surface area contributed by atoms with Crippen molar-refractivity contribution in [3.63, 3.8) is 0 Å². The minimum Gasteiger partial charge on any atom is -0.378 e. The van der Waals surface area contributed by atoms with Gasteiger partial charge in [0.05, 0.1) is 24.5 Å². The largest absolute Gasteiger partial charge is 0.378 e. The summed E-state index contributed by atoms with van der Waals surface area (Å²) in [5.41, 5.74) is 2.87. The molecular formula is C25H26FN3O3. The van der Waals surface area contributed by atoms with Crippen LogP contribution in [-0.4, -0.2) is 56.1 Å². The topological polar surface area (TPSA) is 53.1 Å². The number of rotatable bonds is 4. The van der Waals surface area contributed by atoms with Gasteiger partial charge in [0.2, 0.25) is 0 Å². The second-order valence-electron chi connectivity index (χ2n) is 8.34. The van der Waals surface area contributed by atoms with Crippen LogP contribution in [0.2, 0.25) is 0 Å². The summed E-state index contributed by atoms with van der Waals surface area (Å²) in [5.74, 6) is -1.11. The number of piperidine rings is 1. The molecule has 0 atom stereocenters. The van der Waals surface area contributed by atoms with E-state index in [9.17, 15) is 14.0 Å². The van der Waals surface area contributed by atoms with Gasteiger partial charge in [0, 0.05) is 31.9 Å². The van der Waals surface area contributed by atoms with Crippen LogP contribution < -0.4 is 9.80 Å². The third-order valence-electron chi connectivity index (χ3n) is 6.35. The van der Waals surface area contributed by atoms with E-state index in [-0.39, 0.29) is 17.6 Å². The smallest absolute Gasteiger partial charge is 0.282 e. The molecule has 0 aromatic heterocycles. The molecule has 2 amide bonds. The third kappa shape index (κ3) is 3.77. The Hall–Kier alpha value is -3.19. The van der Waals surface area contributed by atoms with Gasteiger partial charge >= 0.3 is 0 Å². The first-order chi connectivity index (χ1) is 15.6. The van der Waals surface area contributed by atoms with E-state index in [2.05, 4.69) is 4.90 Å². The summed E-state index contributed by atoms with van der Waals surface area (Å²) in [6.45, 7) is 4.09. The molecule has 0 unspecified atom stereocenters. The number of hydrogen-bond acceptors (Lipinski definition) is 5. The van der Waals surface area contributed by atoms with Crippen molar-refractivity contribution in [2.45, 2.75) is 19.3 Å². The fraction of sp³-hybridized carbons (Fsp3) is 0.360. The Bertz CT molecular complexity index is 1040. The molecule has 0 aliphatic carbocycles. The number of hydrogen-bond donors (Lipinski definition) is 0. The summed E-state index contributed by atoms with van der Waals surface area (Å²) in [4.78, 5) is 32.5. The van der Waals surface area contributed by atoms with Gasteiger partial charge in [0.1, 0.15) is 11.5 Å². The lowest BCUT2D eigenvalue weighted by Crippen LogP contribution is -2.40. The molecule has 6 nitrogen and oxygen atoms in total. The van der Waals surface area contributed by atoms with E-state index >= 15 is 0 Å². The zero-order valence-corrected chi connectivity index (χ0v) is 17.9. The van der Waals surface area contributed by atoms with Crippen molar-refractivity contribution in [1.82, 2.24) is 4.90 Å². The fourth-order valence-corrected chi connectivity index (χ4v) is 4.67. The first kappa shape index (κ1) is 20.7. The number of carbonyl (C=O) groups is 2. The molecule has 0 bridgehead atoms. The summed E-state index contributed by atoms with van der Waals surface area (Å²) in [5, 5.41) is 0. The van der Waals surface area contributed by atoms with Gasteiger partial charge in [0.25, 0.3) is 11.8 Å². The van der Waals surface area contributed by atoms with Crippen molar-refractivity contribution >= 4 is 28.8 Å². The van der Waals surface area contributed by atoms with Crippen LogP contribution in [0.15, 0.2) is 54.2 Å². The predicted molar refractivity (Wildman–Crippen MR) is 121 cm³/mol. The number of benzene rings is 2. The molecule has 2 saturated heterocycles. The van der Waals surface area contributed by atoms with Crippen molar-refractivity contribution < 1.29 is 18.7 Å². The van der Waals surface area contributed by atoms with E-state index in [1.165, 1.54) is 36.3 Å². The van der Waals surface area contributed by atoms with Crippen molar-refractivity contribution in [1.29, 1.82) is 0 Å². The second-order valence-corrected chi connectivity index (χ2v) is 8.34. The summed E-state index contributed by atoms with van der Waals surface area (Å²) >= 11 is 0. The van der Waals surface area contributed by atoms with Gasteiger partial charge in [0.15, 0.2) is 0 Å². The monoisotopic (exact) mass is 435 g/mol. The summed E-state index contributed by atoms with van der Waals surface area (Å²) in [6.07, 6.45) is 3.62. The highest BCUT2D eigenvalue weighted by Crippen LogP contribution is 2.36. The van der Waals surface area contributed by atoms with E-state index in [1.807, 2.05) is 29.2 Å². The van der Waals surface area contributed by atoms with Crippen molar-refractivity contribution in [3.05, 3.63) is 65.6 Å². The normalized spacial score (nSPS) is 19.8. The Kier molecular flexibility index (Phi) is 5.66. The van der Waals surface area contributed by atoms with E-state index in [0.717, 1.165) is 18.8 Å². The molecule has 2 fully saturated rings. The van der Waals surface area contributed by atoms with Gasteiger partial charge in [-0.2, -0.15) is 0 Å². The Morgan fingerprint density at radius 3 is 1.97 bits per heavy atom. The average Bonchev–Trinajstić information content (AvgIpc) is 3.11. The Labute approximate surface area is 186 Å². The minimum absolute atomic E-state index is 0.317. The third-order valence-corrected chi connectivity index (χ3v) is 6.35. The van der Waals surface area contributed by atoms with Crippen LogP contribution in [0.3, 0.4) is 0 Å². The van der Waals surface area contributed by atoms with Gasteiger partial charge in [-0.1, -0.05) is 12.1 Å². The lowest BCUT2D eigenvalue weighted by molar-refractivity contribution is -0.121. The molecule has 7 heteroatoms. The second kappa shape index (κ2) is 8.74. The van der Waals surface area contributed by atoms with Crippen LogP contribution in [0.1, 0.15) is 24.8 Å². The lowest BCUT2D eigenvalue weighted by Gasteiger charge is -2.30. The molecule has 3 aliphatic rings. The molecule has 2 aromatic rings. The highest BCUT2D eigenvalue weighted by Gasteiger charge is 2.42. The maximum atomic E-state index is 13.5. The van der Waals surface area contributed by atoms with Crippen molar-refractivity contribution in [2.24, 2.45) is 0 Å². The number of nitrogens with zero attached hydrogens (tertiary/aromatic N) is 3. The van der Waals surface area contributed by atoms with E-state index in [1.54, 1.807) is 12.1 Å². The van der Waals surface area contributed by atoms with Gasteiger partial charge in [-0.3, -0.25) is 9.59 Å². The highest BCUT2D eigenvalue weighted by molar-refractivity contribution is 6.45. The molecule has 5 rings (SSSR count). The van der Waals surface area contributed by atoms with Crippen LogP contribution in [0.25, 0.3) is 5.57 Å². The number of ether oxygens (including phenoxy) is 1. The highest BCUT2D eigenvalue weighted by atomic mass is 19.1. The predicted octanol–water partition coefficient (Wildman–Crippen LogP) is 3.43. The number of anilines is 2. The molecule has 32 heavy (non-hydrogen) atoms. The SMILES string of the molecule is O=C1C(c2ccc(F)cc2)=C(N2CCOCC2)C(=O)N1c1ccc(N2CCCCC2)cc1. The molecule has 3 aliphatic heterocycles. The van der Waals surface area contributed by atoms with Gasteiger partial charge in [-0.25, -0.2) is 9.29 Å². The van der Waals surface area contributed by atoms with Gasteiger partial charge < -0.3 is 14.5 Å². The standard InChI is InChI=1S/C25H26FN3O3/c26-19-6-4-18(5-7-19)22-23(28-14-16-32-17-15-28)25(31)29(24(22)30)21-10-8-20(9-11-21)27-12-2-1-3-13-27/h4-11H,1-3,12-17H2. The summed E-state index contributed by atoms with van der Waals surface area (Å²) < 4.78 is 19.0. The molecule has 0 spiro atoms. The first-order valence-corrected chi connectivity index (χ1v) is 11.2. The molecule has 166 valence electrons. The zero-order chi connectivity index (χ0) is 22.1. The summed E-state index contributed by atoms with van der Waals surface area (Å²) in [6, 6.07) is 13.4. The van der Waals surface area contributed by atoms with E-state index in [0.29, 0.717) is 48.8 Å². The maximum Gasteiger partial charge on any atom is 0.282 e. The molecule has 0 saturated carbocycles. The van der Waals surface area contributed by atoms with Crippen LogP contribution in [0, 0.1) is 5.82 Å². The summed E-state index contributed by atoms with van der Waals surface area (Å²) in [7, 11) is 0. The molecular weight excluding hydrogens is 409 g/mol. The van der Waals surface area contributed by atoms with Crippen molar-refractivity contribution in [3.8, 4) is 0 Å². The van der Waals surface area contributed by atoms with Crippen LogP contribution in [0.4, 0.5) is 15.8 Å². The van der Waals surface area contributed by atoms with Crippen LogP contribution in [-0.2, 0) is 14.3 Å². The molecule has 3 heterocycles. The Balaban J connectivity index is 1.49. The van der Waals surface area contributed by atoms with Crippen LogP contribution >= 0.6 is 0 Å². The van der Waals surface area contributed by atoms with Crippen molar-refractivity contribution in [2.75, 3.05) is 49.2 Å². The van der Waals surface area contributed by atoms with Gasteiger partial charge in [-0.15, -0.1) is 0 Å². The number of amides is 2. The number of halogens is 1. The Morgan fingerprint density at radius 2 is 1.31 bits per heavy atom. The quantitative estimate of drug-likeness (QED) is 0.689. The first-order valence-electron chi connectivity index (χ1n) is 11.2. The zero-order valence-electron chi connectivity index (χ0n) is 17.9.